The summed E-state index contributed by atoms with van der Waals surface area (Å²) in [6.45, 7) is 7.82. The minimum Gasteiger partial charge on any atom is -0.340 e. The van der Waals surface area contributed by atoms with E-state index in [4.69, 9.17) is 0 Å². The normalized spacial score (nSPS) is 35.8. The highest BCUT2D eigenvalue weighted by atomic mass is 16.2. The lowest BCUT2D eigenvalue weighted by Crippen LogP contribution is -2.71. The van der Waals surface area contributed by atoms with Crippen LogP contribution in [0.2, 0.25) is 0 Å². The predicted molar refractivity (Wildman–Crippen MR) is 65.4 cm³/mol. The highest BCUT2D eigenvalue weighted by molar-refractivity contribution is 6.00. The molecule has 4 nitrogen and oxygen atoms in total. The second kappa shape index (κ2) is 3.72. The number of hydrogen-bond donors (Lipinski definition) is 1. The maximum atomic E-state index is 12.6. The molecule has 4 heteroatoms. The minimum atomic E-state index is -0.714. The highest BCUT2D eigenvalue weighted by Crippen LogP contribution is 2.45. The van der Waals surface area contributed by atoms with Gasteiger partial charge in [-0.3, -0.25) is 9.59 Å². The van der Waals surface area contributed by atoms with Crippen molar-refractivity contribution in [1.82, 2.24) is 10.2 Å². The van der Waals surface area contributed by atoms with Gasteiger partial charge in [-0.2, -0.15) is 0 Å². The topological polar surface area (TPSA) is 49.4 Å². The second-order valence-electron chi connectivity index (χ2n) is 5.77. The largest absolute Gasteiger partial charge is 0.340 e. The van der Waals surface area contributed by atoms with E-state index in [1.165, 1.54) is 0 Å². The Morgan fingerprint density at radius 3 is 2.29 bits per heavy atom. The van der Waals surface area contributed by atoms with Gasteiger partial charge in [0.2, 0.25) is 11.8 Å². The molecule has 0 aromatic rings. The van der Waals surface area contributed by atoms with Crippen LogP contribution in [0.3, 0.4) is 0 Å². The van der Waals surface area contributed by atoms with Crippen molar-refractivity contribution in [2.75, 3.05) is 0 Å². The van der Waals surface area contributed by atoms with E-state index in [2.05, 4.69) is 12.2 Å². The molecule has 17 heavy (non-hydrogen) atoms. The summed E-state index contributed by atoms with van der Waals surface area (Å²) in [5.41, 5.74) is -0.791. The third-order valence-electron chi connectivity index (χ3n) is 4.35. The van der Waals surface area contributed by atoms with Crippen LogP contribution in [0.1, 0.15) is 53.4 Å². The van der Waals surface area contributed by atoms with Crippen LogP contribution >= 0.6 is 0 Å². The number of rotatable bonds is 3. The molecule has 0 bridgehead atoms. The smallest absolute Gasteiger partial charge is 0.249 e. The summed E-state index contributed by atoms with van der Waals surface area (Å²) in [4.78, 5) is 26.6. The first-order chi connectivity index (χ1) is 7.88. The number of hydrogen-bond acceptors (Lipinski definition) is 2. The molecule has 2 rings (SSSR count). The van der Waals surface area contributed by atoms with E-state index < -0.39 is 5.54 Å². The van der Waals surface area contributed by atoms with E-state index in [1.54, 1.807) is 0 Å². The van der Waals surface area contributed by atoms with Crippen LogP contribution in [0.4, 0.5) is 0 Å². The molecule has 0 radical (unpaired) electrons. The molecule has 2 atom stereocenters. The number of piperazine rings is 1. The molecule has 2 unspecified atom stereocenters. The molecule has 0 spiro atoms. The number of amides is 2. The standard InChI is InChI=1S/C13H22N2O2/c1-5-9-10(16)14-13(4,6-2)11(17)15(9)12(3)7-8-12/h9H,5-8H2,1-4H3,(H,14,16). The molecule has 1 N–H and O–H groups in total. The fraction of sp³-hybridized carbons (Fsp3) is 0.846. The molecule has 0 aromatic carbocycles. The first-order valence-electron chi connectivity index (χ1n) is 6.54. The van der Waals surface area contributed by atoms with Crippen molar-refractivity contribution in [1.29, 1.82) is 0 Å². The minimum absolute atomic E-state index is 0.00424. The van der Waals surface area contributed by atoms with Crippen LogP contribution in [0, 0.1) is 0 Å². The highest BCUT2D eigenvalue weighted by Gasteiger charge is 2.56. The van der Waals surface area contributed by atoms with Gasteiger partial charge in [0.1, 0.15) is 11.6 Å². The Morgan fingerprint density at radius 1 is 1.29 bits per heavy atom. The number of carbonyl (C=O) groups is 2. The third kappa shape index (κ3) is 1.74. The molecule has 1 saturated heterocycles. The summed E-state index contributed by atoms with van der Waals surface area (Å²) < 4.78 is 0. The Kier molecular flexibility index (Phi) is 2.71. The first kappa shape index (κ1) is 12.4. The monoisotopic (exact) mass is 238 g/mol. The van der Waals surface area contributed by atoms with Gasteiger partial charge in [0.15, 0.2) is 0 Å². The Balaban J connectivity index is 2.36. The average Bonchev–Trinajstić information content (AvgIpc) is 3.02. The van der Waals surface area contributed by atoms with Crippen molar-refractivity contribution in [3.8, 4) is 0 Å². The maximum absolute atomic E-state index is 12.6. The van der Waals surface area contributed by atoms with Gasteiger partial charge < -0.3 is 10.2 Å². The van der Waals surface area contributed by atoms with Gasteiger partial charge in [-0.1, -0.05) is 13.8 Å². The van der Waals surface area contributed by atoms with Crippen LogP contribution < -0.4 is 5.32 Å². The van der Waals surface area contributed by atoms with E-state index in [0.717, 1.165) is 12.8 Å². The fourth-order valence-corrected chi connectivity index (χ4v) is 2.58. The van der Waals surface area contributed by atoms with Gasteiger partial charge in [0.05, 0.1) is 0 Å². The van der Waals surface area contributed by atoms with Gasteiger partial charge in [-0.05, 0) is 39.5 Å². The summed E-state index contributed by atoms with van der Waals surface area (Å²) in [6.07, 6.45) is 3.36. The Labute approximate surface area is 103 Å². The lowest BCUT2D eigenvalue weighted by molar-refractivity contribution is -0.158. The zero-order chi connectivity index (χ0) is 12.8. The summed E-state index contributed by atoms with van der Waals surface area (Å²) >= 11 is 0. The summed E-state index contributed by atoms with van der Waals surface area (Å²) in [7, 11) is 0. The molecule has 2 fully saturated rings. The third-order valence-corrected chi connectivity index (χ3v) is 4.35. The van der Waals surface area contributed by atoms with E-state index in [9.17, 15) is 9.59 Å². The zero-order valence-corrected chi connectivity index (χ0v) is 11.2. The quantitative estimate of drug-likeness (QED) is 0.809. The summed E-state index contributed by atoms with van der Waals surface area (Å²) in [6, 6.07) is -0.283. The van der Waals surface area contributed by atoms with Crippen molar-refractivity contribution in [3.63, 3.8) is 0 Å². The number of nitrogens with one attached hydrogen (secondary N) is 1. The molecule has 0 aromatic heterocycles. The molecule has 96 valence electrons. The second-order valence-corrected chi connectivity index (χ2v) is 5.77. The molecular weight excluding hydrogens is 216 g/mol. The molecule has 1 aliphatic heterocycles. The van der Waals surface area contributed by atoms with Crippen LogP contribution in [-0.2, 0) is 9.59 Å². The van der Waals surface area contributed by atoms with E-state index in [0.29, 0.717) is 12.8 Å². The molecule has 2 aliphatic rings. The summed E-state index contributed by atoms with van der Waals surface area (Å²) in [5, 5.41) is 2.89. The van der Waals surface area contributed by atoms with Crippen molar-refractivity contribution in [3.05, 3.63) is 0 Å². The SMILES string of the molecule is CCC1C(=O)NC(C)(CC)C(=O)N1C1(C)CC1. The Hall–Kier alpha value is -1.06. The van der Waals surface area contributed by atoms with Gasteiger partial charge in [-0.25, -0.2) is 0 Å². The Bertz CT molecular complexity index is 362. The molecule has 1 heterocycles. The molecule has 1 aliphatic carbocycles. The molecule has 2 amide bonds. The maximum Gasteiger partial charge on any atom is 0.249 e. The van der Waals surface area contributed by atoms with Gasteiger partial charge in [0.25, 0.3) is 0 Å². The van der Waals surface area contributed by atoms with Crippen molar-refractivity contribution in [2.24, 2.45) is 0 Å². The molecule has 1 saturated carbocycles. The van der Waals surface area contributed by atoms with E-state index in [-0.39, 0.29) is 23.4 Å². The fourth-order valence-electron chi connectivity index (χ4n) is 2.58. The van der Waals surface area contributed by atoms with Gasteiger partial charge >= 0.3 is 0 Å². The zero-order valence-electron chi connectivity index (χ0n) is 11.2. The van der Waals surface area contributed by atoms with Crippen molar-refractivity contribution < 1.29 is 9.59 Å². The predicted octanol–water partition coefficient (Wildman–Crippen LogP) is 1.44. The van der Waals surface area contributed by atoms with Crippen molar-refractivity contribution in [2.45, 2.75) is 70.5 Å². The number of nitrogens with zero attached hydrogens (tertiary/aromatic N) is 1. The Morgan fingerprint density at radius 2 is 1.88 bits per heavy atom. The first-order valence-corrected chi connectivity index (χ1v) is 6.54. The van der Waals surface area contributed by atoms with Gasteiger partial charge in [-0.15, -0.1) is 0 Å². The average molecular weight is 238 g/mol. The summed E-state index contributed by atoms with van der Waals surface area (Å²) in [5.74, 6) is 0.0935. The van der Waals surface area contributed by atoms with E-state index >= 15 is 0 Å². The van der Waals surface area contributed by atoms with Gasteiger partial charge in [0, 0.05) is 5.54 Å². The lowest BCUT2D eigenvalue weighted by Gasteiger charge is -2.47. The van der Waals surface area contributed by atoms with Crippen LogP contribution in [0.15, 0.2) is 0 Å². The van der Waals surface area contributed by atoms with Crippen LogP contribution in [-0.4, -0.2) is 33.8 Å². The van der Waals surface area contributed by atoms with E-state index in [1.807, 2.05) is 25.7 Å². The van der Waals surface area contributed by atoms with Crippen molar-refractivity contribution >= 4 is 11.8 Å². The molecular formula is C13H22N2O2. The lowest BCUT2D eigenvalue weighted by atomic mass is 9.89. The van der Waals surface area contributed by atoms with Crippen LogP contribution in [0.25, 0.3) is 0 Å². The number of carbonyl (C=O) groups excluding carboxylic acids is 2. The van der Waals surface area contributed by atoms with Crippen LogP contribution in [0.5, 0.6) is 0 Å².